The third kappa shape index (κ3) is 5.01. The Labute approximate surface area is 206 Å². The monoisotopic (exact) mass is 466 g/mol. The first kappa shape index (κ1) is 26.2. The summed E-state index contributed by atoms with van der Waals surface area (Å²) < 4.78 is 6.56. The van der Waals surface area contributed by atoms with Gasteiger partial charge >= 0.3 is 0 Å². The average molecular weight is 467 g/mol. The first-order valence-electron chi connectivity index (χ1n) is 13.1. The van der Waals surface area contributed by atoms with Crippen LogP contribution < -0.4 is 0 Å². The smallest absolute Gasteiger partial charge is 0.224 e. The van der Waals surface area contributed by atoms with Crippen LogP contribution >= 0.6 is 0 Å². The summed E-state index contributed by atoms with van der Waals surface area (Å²) in [7, 11) is 0. The molecular weight excluding hydrogens is 420 g/mol. The molecule has 0 spiro atoms. The standard InChI is InChI=1S/C28H46N6/c1-16(2)22-13-25(19(7)8)32(29-22)28(33-26(20(9)10)14-23(30-33)17(3)4)34-27(21(11)12)15-24(31-34)18(5)6/h13-21,28H,1-12H3. The lowest BCUT2D eigenvalue weighted by Gasteiger charge is -2.27. The van der Waals surface area contributed by atoms with Crippen LogP contribution in [-0.2, 0) is 0 Å². The van der Waals surface area contributed by atoms with Gasteiger partial charge < -0.3 is 0 Å². The van der Waals surface area contributed by atoms with Crippen LogP contribution in [0.5, 0.6) is 0 Å². The highest BCUT2D eigenvalue weighted by Crippen LogP contribution is 2.32. The topological polar surface area (TPSA) is 53.5 Å². The normalized spacial score (nSPS) is 12.8. The van der Waals surface area contributed by atoms with Crippen molar-refractivity contribution in [1.82, 2.24) is 29.3 Å². The summed E-state index contributed by atoms with van der Waals surface area (Å²) >= 11 is 0. The molecule has 0 amide bonds. The summed E-state index contributed by atoms with van der Waals surface area (Å²) in [5.74, 6) is 2.02. The highest BCUT2D eigenvalue weighted by Gasteiger charge is 2.31. The molecule has 3 heterocycles. The van der Waals surface area contributed by atoms with Crippen LogP contribution in [0.4, 0.5) is 0 Å². The van der Waals surface area contributed by atoms with Crippen molar-refractivity contribution in [2.24, 2.45) is 0 Å². The van der Waals surface area contributed by atoms with Gasteiger partial charge in [-0.1, -0.05) is 83.1 Å². The van der Waals surface area contributed by atoms with Gasteiger partial charge in [-0.05, 0) is 53.7 Å². The molecule has 0 aliphatic heterocycles. The Bertz CT molecular complexity index is 952. The zero-order chi connectivity index (χ0) is 25.5. The predicted molar refractivity (Wildman–Crippen MR) is 141 cm³/mol. The van der Waals surface area contributed by atoms with E-state index in [1.165, 1.54) is 17.1 Å². The van der Waals surface area contributed by atoms with E-state index in [0.717, 1.165) is 17.1 Å². The summed E-state index contributed by atoms with van der Waals surface area (Å²) in [6.45, 7) is 26.7. The summed E-state index contributed by atoms with van der Waals surface area (Å²) in [4.78, 5) is 0. The largest absolute Gasteiger partial charge is 0.238 e. The zero-order valence-electron chi connectivity index (χ0n) is 23.5. The highest BCUT2D eigenvalue weighted by molar-refractivity contribution is 5.23. The van der Waals surface area contributed by atoms with Gasteiger partial charge in [0.15, 0.2) is 0 Å². The van der Waals surface area contributed by atoms with E-state index in [9.17, 15) is 0 Å². The highest BCUT2D eigenvalue weighted by atomic mass is 15.6. The lowest BCUT2D eigenvalue weighted by atomic mass is 10.1. The van der Waals surface area contributed by atoms with Gasteiger partial charge in [-0.25, -0.2) is 14.0 Å². The Kier molecular flexibility index (Phi) is 7.79. The fraction of sp³-hybridized carbons (Fsp3) is 0.679. The molecule has 0 saturated carbocycles. The molecule has 3 rings (SSSR count). The molecule has 0 radical (unpaired) electrons. The van der Waals surface area contributed by atoms with Crippen molar-refractivity contribution in [3.8, 4) is 0 Å². The molecule has 0 fully saturated rings. The molecule has 6 nitrogen and oxygen atoms in total. The molecule has 0 bridgehead atoms. The molecule has 188 valence electrons. The minimum atomic E-state index is -0.292. The van der Waals surface area contributed by atoms with Crippen LogP contribution in [0.15, 0.2) is 18.2 Å². The number of nitrogens with zero attached hydrogens (tertiary/aromatic N) is 6. The fourth-order valence-electron chi connectivity index (χ4n) is 4.29. The molecular formula is C28H46N6. The van der Waals surface area contributed by atoms with E-state index in [0.29, 0.717) is 35.5 Å². The van der Waals surface area contributed by atoms with E-state index < -0.39 is 0 Å². The maximum atomic E-state index is 5.19. The van der Waals surface area contributed by atoms with Gasteiger partial charge in [0, 0.05) is 17.1 Å². The maximum absolute atomic E-state index is 5.19. The molecule has 6 heteroatoms. The Balaban J connectivity index is 2.41. The van der Waals surface area contributed by atoms with Gasteiger partial charge in [-0.15, -0.1) is 0 Å². The maximum Gasteiger partial charge on any atom is 0.238 e. The van der Waals surface area contributed by atoms with Crippen LogP contribution in [0.25, 0.3) is 0 Å². The van der Waals surface area contributed by atoms with E-state index >= 15 is 0 Å². The van der Waals surface area contributed by atoms with E-state index in [1.54, 1.807) is 0 Å². The van der Waals surface area contributed by atoms with Crippen molar-refractivity contribution in [2.75, 3.05) is 0 Å². The van der Waals surface area contributed by atoms with Crippen molar-refractivity contribution >= 4 is 0 Å². The van der Waals surface area contributed by atoms with Crippen molar-refractivity contribution in [1.29, 1.82) is 0 Å². The second-order valence-corrected chi connectivity index (χ2v) is 11.6. The van der Waals surface area contributed by atoms with Crippen molar-refractivity contribution < 1.29 is 0 Å². The number of aromatic nitrogens is 6. The Morgan fingerprint density at radius 1 is 0.412 bits per heavy atom. The van der Waals surface area contributed by atoms with E-state index in [-0.39, 0.29) is 6.29 Å². The van der Waals surface area contributed by atoms with Crippen LogP contribution in [0.1, 0.15) is 159 Å². The van der Waals surface area contributed by atoms with Crippen LogP contribution in [-0.4, -0.2) is 29.3 Å². The Morgan fingerprint density at radius 2 is 0.647 bits per heavy atom. The van der Waals surface area contributed by atoms with Gasteiger partial charge in [-0.3, -0.25) is 0 Å². The Hall–Kier alpha value is -2.37. The summed E-state index contributed by atoms with van der Waals surface area (Å²) in [6, 6.07) is 6.81. The molecule has 0 unspecified atom stereocenters. The number of hydrogen-bond donors (Lipinski definition) is 0. The van der Waals surface area contributed by atoms with Crippen molar-refractivity contribution in [3.63, 3.8) is 0 Å². The van der Waals surface area contributed by atoms with Crippen molar-refractivity contribution in [3.05, 3.63) is 52.4 Å². The molecule has 0 saturated heterocycles. The molecule has 0 N–H and O–H groups in total. The summed E-state index contributed by atoms with van der Waals surface area (Å²) in [6.07, 6.45) is -0.292. The number of hydrogen-bond acceptors (Lipinski definition) is 3. The van der Waals surface area contributed by atoms with Gasteiger partial charge in [0.2, 0.25) is 6.29 Å². The third-order valence-electron chi connectivity index (χ3n) is 6.56. The molecule has 0 aliphatic carbocycles. The third-order valence-corrected chi connectivity index (χ3v) is 6.56. The lowest BCUT2D eigenvalue weighted by molar-refractivity contribution is 0.254. The van der Waals surface area contributed by atoms with Crippen molar-refractivity contribution in [2.45, 2.75) is 125 Å². The molecule has 0 aromatic carbocycles. The van der Waals surface area contributed by atoms with E-state index in [4.69, 9.17) is 15.3 Å². The van der Waals surface area contributed by atoms with Crippen LogP contribution in [0.3, 0.4) is 0 Å². The Morgan fingerprint density at radius 3 is 0.824 bits per heavy atom. The number of rotatable bonds is 9. The van der Waals surface area contributed by atoms with Gasteiger partial charge in [-0.2, -0.15) is 15.3 Å². The molecule has 3 aromatic heterocycles. The predicted octanol–water partition coefficient (Wildman–Crippen LogP) is 7.57. The minimum absolute atomic E-state index is 0.292. The van der Waals surface area contributed by atoms with Crippen LogP contribution in [0.2, 0.25) is 0 Å². The summed E-state index contributed by atoms with van der Waals surface area (Å²) in [5.41, 5.74) is 6.96. The van der Waals surface area contributed by atoms with Gasteiger partial charge in [0.25, 0.3) is 0 Å². The van der Waals surface area contributed by atoms with E-state index in [2.05, 4.69) is 115 Å². The average Bonchev–Trinajstić information content (AvgIpc) is 3.45. The molecule has 34 heavy (non-hydrogen) atoms. The lowest BCUT2D eigenvalue weighted by Crippen LogP contribution is -2.33. The zero-order valence-corrected chi connectivity index (χ0v) is 23.5. The summed E-state index contributed by atoms with van der Waals surface area (Å²) in [5, 5.41) is 15.6. The van der Waals surface area contributed by atoms with Gasteiger partial charge in [0.05, 0.1) is 17.1 Å². The first-order chi connectivity index (χ1) is 15.8. The fourth-order valence-corrected chi connectivity index (χ4v) is 4.29. The molecule has 0 aliphatic rings. The van der Waals surface area contributed by atoms with Crippen LogP contribution in [0, 0.1) is 0 Å². The van der Waals surface area contributed by atoms with Gasteiger partial charge in [0.1, 0.15) is 0 Å². The second-order valence-electron chi connectivity index (χ2n) is 11.6. The SMILES string of the molecule is CC(C)c1cc(C(C)C)n(C(n2nc(C(C)C)cc2C(C)C)n2nc(C(C)C)cc2C(C)C)n1. The second kappa shape index (κ2) is 10.1. The minimum Gasteiger partial charge on any atom is -0.224 e. The molecule has 0 atom stereocenters. The van der Waals surface area contributed by atoms with E-state index in [1.807, 2.05) is 0 Å². The quantitative estimate of drug-likeness (QED) is 0.327. The molecule has 3 aromatic rings. The first-order valence-corrected chi connectivity index (χ1v) is 13.1.